The van der Waals surface area contributed by atoms with E-state index in [9.17, 15) is 18.7 Å². The van der Waals surface area contributed by atoms with Gasteiger partial charge in [-0.15, -0.1) is 0 Å². The number of anilines is 1. The number of aromatic amines is 1. The molecule has 28 heavy (non-hydrogen) atoms. The zero-order chi connectivity index (χ0) is 19.7. The number of nitrogens with zero attached hydrogens (tertiary/aromatic N) is 1. The van der Waals surface area contributed by atoms with E-state index in [4.69, 9.17) is 0 Å². The summed E-state index contributed by atoms with van der Waals surface area (Å²) in [7, 11) is 0. The number of β-amino-alcohol motifs (C(OH)–C–C–N with tert-alkyl or cyclic N) is 1. The highest BCUT2D eigenvalue weighted by Gasteiger charge is 2.28. The number of benzene rings is 2. The van der Waals surface area contributed by atoms with Crippen LogP contribution in [0.2, 0.25) is 0 Å². The van der Waals surface area contributed by atoms with Crippen LogP contribution in [0.3, 0.4) is 0 Å². The Labute approximate surface area is 159 Å². The first-order chi connectivity index (χ1) is 13.5. The van der Waals surface area contributed by atoms with Crippen molar-refractivity contribution >= 4 is 34.6 Å². The molecule has 0 radical (unpaired) electrons. The molecule has 1 fully saturated rings. The summed E-state index contributed by atoms with van der Waals surface area (Å²) in [6, 6.07) is 8.21. The van der Waals surface area contributed by atoms with Crippen molar-refractivity contribution in [1.82, 2.24) is 15.5 Å². The third kappa shape index (κ3) is 3.78. The van der Waals surface area contributed by atoms with E-state index in [2.05, 4.69) is 20.8 Å². The maximum atomic E-state index is 14.4. The van der Waals surface area contributed by atoms with Crippen LogP contribution < -0.4 is 10.6 Å². The Bertz CT molecular complexity index is 1050. The van der Waals surface area contributed by atoms with Crippen molar-refractivity contribution in [3.8, 4) is 0 Å². The number of amides is 1. The van der Waals surface area contributed by atoms with Crippen LogP contribution in [0.25, 0.3) is 23.1 Å². The van der Waals surface area contributed by atoms with Gasteiger partial charge in [-0.1, -0.05) is 18.2 Å². The van der Waals surface area contributed by atoms with Crippen molar-refractivity contribution in [2.24, 2.45) is 0 Å². The normalized spacial score (nSPS) is 19.5. The van der Waals surface area contributed by atoms with Gasteiger partial charge in [0.1, 0.15) is 11.6 Å². The summed E-state index contributed by atoms with van der Waals surface area (Å²) < 4.78 is 27.4. The molecule has 1 aliphatic rings. The van der Waals surface area contributed by atoms with Gasteiger partial charge in [-0.3, -0.25) is 9.89 Å². The molecule has 4 rings (SSSR count). The molecule has 0 saturated carbocycles. The molecule has 1 saturated heterocycles. The zero-order valence-electron chi connectivity index (χ0n) is 14.7. The van der Waals surface area contributed by atoms with E-state index in [0.717, 1.165) is 5.56 Å². The van der Waals surface area contributed by atoms with Crippen molar-refractivity contribution in [2.75, 3.05) is 11.9 Å². The van der Waals surface area contributed by atoms with E-state index in [1.165, 1.54) is 24.3 Å². The van der Waals surface area contributed by atoms with Gasteiger partial charge in [-0.25, -0.2) is 8.78 Å². The summed E-state index contributed by atoms with van der Waals surface area (Å²) in [6.07, 6.45) is 3.19. The smallest absolute Gasteiger partial charge is 0.241 e. The maximum absolute atomic E-state index is 14.4. The Morgan fingerprint density at radius 3 is 2.71 bits per heavy atom. The van der Waals surface area contributed by atoms with Gasteiger partial charge >= 0.3 is 0 Å². The number of nitrogens with one attached hydrogen (secondary N) is 3. The number of hydrogen-bond donors (Lipinski definition) is 4. The van der Waals surface area contributed by atoms with E-state index in [-0.39, 0.29) is 17.9 Å². The molecule has 1 aromatic heterocycles. The largest absolute Gasteiger partial charge is 0.392 e. The topological polar surface area (TPSA) is 90.0 Å². The number of carbonyl (C=O) groups is 1. The van der Waals surface area contributed by atoms with E-state index in [0.29, 0.717) is 23.1 Å². The summed E-state index contributed by atoms with van der Waals surface area (Å²) >= 11 is 0. The van der Waals surface area contributed by atoms with Crippen molar-refractivity contribution in [3.63, 3.8) is 0 Å². The molecule has 1 aliphatic heterocycles. The van der Waals surface area contributed by atoms with Gasteiger partial charge in [0.25, 0.3) is 0 Å². The lowest BCUT2D eigenvalue weighted by Gasteiger charge is -2.12. The molecule has 1 amide bonds. The van der Waals surface area contributed by atoms with Crippen LogP contribution in [0.5, 0.6) is 0 Å². The Morgan fingerprint density at radius 2 is 2.00 bits per heavy atom. The van der Waals surface area contributed by atoms with E-state index >= 15 is 0 Å². The number of halogens is 2. The summed E-state index contributed by atoms with van der Waals surface area (Å²) in [5.74, 6) is -1.30. The predicted molar refractivity (Wildman–Crippen MR) is 102 cm³/mol. The lowest BCUT2D eigenvalue weighted by Crippen LogP contribution is -2.35. The van der Waals surface area contributed by atoms with Gasteiger partial charge < -0.3 is 15.7 Å². The molecule has 0 unspecified atom stereocenters. The van der Waals surface area contributed by atoms with Crippen LogP contribution in [0.4, 0.5) is 14.5 Å². The Balaban J connectivity index is 1.59. The van der Waals surface area contributed by atoms with Gasteiger partial charge in [0, 0.05) is 18.0 Å². The fourth-order valence-corrected chi connectivity index (χ4v) is 3.17. The second kappa shape index (κ2) is 7.49. The Kier molecular flexibility index (Phi) is 4.89. The number of aromatic nitrogens is 2. The standard InChI is InChI=1S/C20H18F2N4O2/c21-12-4-1-11(2-5-12)3-6-16-14-8-18(15(22)9-17(14)26-25-16)24-20(28)19-7-13(27)10-23-19/h1-6,8-9,13,19,23,27H,7,10H2,(H,24,28)(H,25,26)/b6-3+/t13-,19-/m0/s1. The molecule has 8 heteroatoms. The van der Waals surface area contributed by atoms with Crippen LogP contribution in [0.15, 0.2) is 36.4 Å². The molecule has 4 N–H and O–H groups in total. The first-order valence-electron chi connectivity index (χ1n) is 8.83. The first kappa shape index (κ1) is 18.3. The van der Waals surface area contributed by atoms with Crippen LogP contribution in [0.1, 0.15) is 17.7 Å². The van der Waals surface area contributed by atoms with Gasteiger partial charge in [-0.05, 0) is 36.3 Å². The fourth-order valence-electron chi connectivity index (χ4n) is 3.17. The summed E-state index contributed by atoms with van der Waals surface area (Å²) in [6.45, 7) is 0.333. The number of rotatable bonds is 4. The van der Waals surface area contributed by atoms with E-state index < -0.39 is 23.9 Å². The molecule has 144 valence electrons. The molecular formula is C20H18F2N4O2. The van der Waals surface area contributed by atoms with Crippen molar-refractivity contribution in [2.45, 2.75) is 18.6 Å². The highest BCUT2D eigenvalue weighted by molar-refractivity contribution is 5.98. The highest BCUT2D eigenvalue weighted by Crippen LogP contribution is 2.26. The second-order valence-electron chi connectivity index (χ2n) is 6.71. The molecular weight excluding hydrogens is 366 g/mol. The number of H-pyrrole nitrogens is 1. The minimum Gasteiger partial charge on any atom is -0.392 e. The number of hydrogen-bond acceptors (Lipinski definition) is 4. The van der Waals surface area contributed by atoms with Gasteiger partial charge in [0.15, 0.2) is 0 Å². The van der Waals surface area contributed by atoms with Crippen molar-refractivity contribution < 1.29 is 18.7 Å². The minimum absolute atomic E-state index is 0.0403. The van der Waals surface area contributed by atoms with Crippen LogP contribution in [0, 0.1) is 11.6 Å². The summed E-state index contributed by atoms with van der Waals surface area (Å²) in [5, 5.41) is 22.5. The molecule has 6 nitrogen and oxygen atoms in total. The number of aliphatic hydroxyl groups is 1. The van der Waals surface area contributed by atoms with Gasteiger partial charge in [0.05, 0.1) is 29.0 Å². The molecule has 0 spiro atoms. The van der Waals surface area contributed by atoms with Gasteiger partial charge in [-0.2, -0.15) is 5.10 Å². The third-order valence-corrected chi connectivity index (χ3v) is 4.67. The van der Waals surface area contributed by atoms with Gasteiger partial charge in [0.2, 0.25) is 5.91 Å². The van der Waals surface area contributed by atoms with Crippen LogP contribution in [-0.2, 0) is 4.79 Å². The predicted octanol–water partition coefficient (Wildman–Crippen LogP) is 2.67. The highest BCUT2D eigenvalue weighted by atomic mass is 19.1. The third-order valence-electron chi connectivity index (χ3n) is 4.67. The van der Waals surface area contributed by atoms with Crippen LogP contribution >= 0.6 is 0 Å². The lowest BCUT2D eigenvalue weighted by molar-refractivity contribution is -0.118. The number of aliphatic hydroxyl groups excluding tert-OH is 1. The van der Waals surface area contributed by atoms with Crippen molar-refractivity contribution in [1.29, 1.82) is 0 Å². The molecule has 2 aromatic carbocycles. The molecule has 3 aromatic rings. The zero-order valence-corrected chi connectivity index (χ0v) is 14.7. The first-order valence-corrected chi connectivity index (χ1v) is 8.83. The lowest BCUT2D eigenvalue weighted by atomic mass is 10.1. The van der Waals surface area contributed by atoms with E-state index in [1.54, 1.807) is 24.3 Å². The van der Waals surface area contributed by atoms with E-state index in [1.807, 2.05) is 0 Å². The average molecular weight is 384 g/mol. The monoisotopic (exact) mass is 384 g/mol. The number of carbonyl (C=O) groups excluding carboxylic acids is 1. The summed E-state index contributed by atoms with van der Waals surface area (Å²) in [4.78, 5) is 12.3. The van der Waals surface area contributed by atoms with Crippen LogP contribution in [-0.4, -0.2) is 39.9 Å². The Hall–Kier alpha value is -3.10. The second-order valence-corrected chi connectivity index (χ2v) is 6.71. The quantitative estimate of drug-likeness (QED) is 0.557. The number of fused-ring (bicyclic) bond motifs is 1. The molecule has 2 heterocycles. The maximum Gasteiger partial charge on any atom is 0.241 e. The fraction of sp³-hybridized carbons (Fsp3) is 0.200. The van der Waals surface area contributed by atoms with Crippen molar-refractivity contribution in [3.05, 3.63) is 59.3 Å². The molecule has 0 bridgehead atoms. The summed E-state index contributed by atoms with van der Waals surface area (Å²) in [5.41, 5.74) is 1.88. The Morgan fingerprint density at radius 1 is 1.21 bits per heavy atom. The minimum atomic E-state index is -0.586. The molecule has 0 aliphatic carbocycles. The average Bonchev–Trinajstić information content (AvgIpc) is 3.28. The SMILES string of the molecule is O=C(Nc1cc2c(/C=C/c3ccc(F)cc3)n[nH]c2cc1F)[C@@H]1C[C@H](O)CN1. The molecule has 2 atom stereocenters.